The van der Waals surface area contributed by atoms with Gasteiger partial charge in [-0.2, -0.15) is 8.62 Å². The molecular weight excluding hydrogens is 477 g/mol. The Morgan fingerprint density at radius 2 is 1.80 bits per heavy atom. The average Bonchev–Trinajstić information content (AvgIpc) is 2.89. The Morgan fingerprint density at radius 1 is 1.17 bits per heavy atom. The van der Waals surface area contributed by atoms with Gasteiger partial charge in [0.25, 0.3) is 5.56 Å². The Morgan fingerprint density at radius 3 is 2.37 bits per heavy atom. The first-order chi connectivity index (χ1) is 13.6. The van der Waals surface area contributed by atoms with Crippen molar-refractivity contribution in [3.8, 4) is 0 Å². The summed E-state index contributed by atoms with van der Waals surface area (Å²) < 4.78 is 57.8. The molecular formula is C11H19N2O14P3. The lowest BCUT2D eigenvalue weighted by Gasteiger charge is -2.21. The Labute approximate surface area is 167 Å². The summed E-state index contributed by atoms with van der Waals surface area (Å²) in [5, 5.41) is 0. The molecule has 172 valence electrons. The molecule has 2 unspecified atom stereocenters. The molecule has 1 aliphatic rings. The summed E-state index contributed by atoms with van der Waals surface area (Å²) in [5.74, 6) is 0. The third kappa shape index (κ3) is 7.02. The van der Waals surface area contributed by atoms with Crippen LogP contribution in [0.4, 0.5) is 0 Å². The predicted molar refractivity (Wildman–Crippen MR) is 95.2 cm³/mol. The van der Waals surface area contributed by atoms with Crippen LogP contribution >= 0.6 is 23.5 Å². The van der Waals surface area contributed by atoms with Crippen molar-refractivity contribution in [2.75, 3.05) is 13.7 Å². The minimum atomic E-state index is -5.69. The van der Waals surface area contributed by atoms with Crippen LogP contribution in [0.15, 0.2) is 15.8 Å². The molecule has 5 N–H and O–H groups in total. The van der Waals surface area contributed by atoms with E-state index in [4.69, 9.17) is 23.8 Å². The van der Waals surface area contributed by atoms with Gasteiger partial charge in [0.15, 0.2) is 0 Å². The monoisotopic (exact) mass is 496 g/mol. The lowest BCUT2D eigenvalue weighted by Crippen LogP contribution is -2.33. The van der Waals surface area contributed by atoms with Gasteiger partial charge >= 0.3 is 29.2 Å². The highest BCUT2D eigenvalue weighted by Crippen LogP contribution is 2.67. The van der Waals surface area contributed by atoms with Gasteiger partial charge in [-0.05, 0) is 6.92 Å². The molecule has 5 atom stereocenters. The fourth-order valence-corrected chi connectivity index (χ4v) is 5.79. The summed E-state index contributed by atoms with van der Waals surface area (Å²) in [6, 6.07) is 0. The van der Waals surface area contributed by atoms with E-state index in [9.17, 15) is 33.1 Å². The zero-order chi connectivity index (χ0) is 22.9. The number of hydrogen-bond donors (Lipinski definition) is 5. The van der Waals surface area contributed by atoms with E-state index in [1.807, 2.05) is 0 Å². The van der Waals surface area contributed by atoms with Crippen LogP contribution in [0.1, 0.15) is 18.2 Å². The average molecular weight is 496 g/mol. The van der Waals surface area contributed by atoms with Crippen LogP contribution < -0.4 is 11.2 Å². The minimum Gasteiger partial charge on any atom is -0.382 e. The van der Waals surface area contributed by atoms with Crippen LogP contribution in [-0.4, -0.2) is 55.0 Å². The van der Waals surface area contributed by atoms with Gasteiger partial charge in [-0.3, -0.25) is 18.9 Å². The van der Waals surface area contributed by atoms with Gasteiger partial charge in [0, 0.05) is 25.3 Å². The van der Waals surface area contributed by atoms with E-state index in [0.717, 1.165) is 4.57 Å². The highest BCUT2D eigenvalue weighted by Gasteiger charge is 2.46. The maximum atomic E-state index is 12.1. The molecule has 1 aromatic heterocycles. The molecule has 2 rings (SSSR count). The number of phosphoric acid groups is 3. The van der Waals surface area contributed by atoms with Gasteiger partial charge in [-0.25, -0.2) is 18.5 Å². The molecule has 1 fully saturated rings. The van der Waals surface area contributed by atoms with Gasteiger partial charge in [0.2, 0.25) is 0 Å². The van der Waals surface area contributed by atoms with Crippen molar-refractivity contribution in [2.45, 2.75) is 31.8 Å². The lowest BCUT2D eigenvalue weighted by molar-refractivity contribution is -0.0539. The summed E-state index contributed by atoms with van der Waals surface area (Å²) in [7, 11) is -15.4. The smallest absolute Gasteiger partial charge is 0.382 e. The summed E-state index contributed by atoms with van der Waals surface area (Å²) in [6.07, 6.45) is -2.54. The molecule has 16 nitrogen and oxygen atoms in total. The second-order valence-corrected chi connectivity index (χ2v) is 10.4. The van der Waals surface area contributed by atoms with Crippen LogP contribution in [0.5, 0.6) is 0 Å². The number of hydrogen-bond acceptors (Lipinski definition) is 10. The highest BCUT2D eigenvalue weighted by atomic mass is 31.3. The van der Waals surface area contributed by atoms with Crippen molar-refractivity contribution in [2.24, 2.45) is 0 Å². The van der Waals surface area contributed by atoms with Crippen LogP contribution in [0.25, 0.3) is 0 Å². The molecule has 0 spiro atoms. The molecule has 0 aliphatic carbocycles. The quantitative estimate of drug-likeness (QED) is 0.271. The summed E-state index contributed by atoms with van der Waals surface area (Å²) in [4.78, 5) is 61.6. The Balaban J connectivity index is 2.21. The summed E-state index contributed by atoms with van der Waals surface area (Å²) >= 11 is 0. The van der Waals surface area contributed by atoms with Crippen molar-refractivity contribution in [3.63, 3.8) is 0 Å². The zero-order valence-electron chi connectivity index (χ0n) is 15.4. The molecule has 0 saturated carbocycles. The Kier molecular flexibility index (Phi) is 7.79. The highest BCUT2D eigenvalue weighted by molar-refractivity contribution is 7.66. The van der Waals surface area contributed by atoms with E-state index < -0.39 is 53.2 Å². The Hall–Kier alpha value is -0.990. The number of aromatic nitrogens is 2. The second-order valence-electron chi connectivity index (χ2n) is 6.03. The van der Waals surface area contributed by atoms with Gasteiger partial charge in [0.05, 0.1) is 6.61 Å². The molecule has 19 heteroatoms. The molecule has 0 radical (unpaired) electrons. The van der Waals surface area contributed by atoms with Crippen LogP contribution in [0.2, 0.25) is 0 Å². The van der Waals surface area contributed by atoms with Gasteiger partial charge < -0.3 is 29.0 Å². The van der Waals surface area contributed by atoms with Crippen molar-refractivity contribution >= 4 is 23.5 Å². The first-order valence-electron chi connectivity index (χ1n) is 7.91. The topological polar surface area (TPSA) is 233 Å². The number of phosphoric ester groups is 1. The predicted octanol–water partition coefficient (Wildman–Crippen LogP) is -0.509. The number of H-pyrrole nitrogens is 1. The van der Waals surface area contributed by atoms with E-state index in [0.29, 0.717) is 0 Å². The number of aromatic amines is 1. The van der Waals surface area contributed by atoms with Gasteiger partial charge in [-0.15, -0.1) is 0 Å². The number of nitrogens with zero attached hydrogens (tertiary/aromatic N) is 1. The van der Waals surface area contributed by atoms with Crippen LogP contribution in [0, 0.1) is 6.92 Å². The maximum Gasteiger partial charge on any atom is 0.490 e. The first-order valence-corrected chi connectivity index (χ1v) is 12.4. The van der Waals surface area contributed by atoms with E-state index in [-0.39, 0.29) is 18.6 Å². The standard InChI is InChI=1S/C11H19N2O14P3/c1-6-4-13(11(15)12-10(6)14)9-3-7(8(24-9)5-23-2)25-29(19,20)27-30(21,22)26-28(16,17)18/h4,7-9H,3,5H2,1-2H3,(H,19,20)(H,21,22)(H,12,14,15)(H2,16,17,18)/t7-,8+,9+/m0/s1. The minimum absolute atomic E-state index is 0.179. The molecule has 1 aliphatic heterocycles. The van der Waals surface area contributed by atoms with Crippen molar-refractivity contribution in [1.82, 2.24) is 9.55 Å². The summed E-state index contributed by atoms with van der Waals surface area (Å²) in [6.45, 7) is 1.23. The van der Waals surface area contributed by atoms with Crippen LogP contribution in [-0.2, 0) is 36.3 Å². The summed E-state index contributed by atoms with van der Waals surface area (Å²) in [5.41, 5.74) is -1.27. The fourth-order valence-electron chi connectivity index (χ4n) is 2.57. The number of methoxy groups -OCH3 is 1. The van der Waals surface area contributed by atoms with E-state index >= 15 is 0 Å². The fraction of sp³-hybridized carbons (Fsp3) is 0.636. The van der Waals surface area contributed by atoms with Crippen molar-refractivity contribution in [3.05, 3.63) is 32.6 Å². The van der Waals surface area contributed by atoms with Gasteiger partial charge in [-0.1, -0.05) is 0 Å². The van der Waals surface area contributed by atoms with Gasteiger partial charge in [0.1, 0.15) is 18.4 Å². The lowest BCUT2D eigenvalue weighted by atomic mass is 10.2. The first kappa shape index (κ1) is 25.3. The van der Waals surface area contributed by atoms with Crippen molar-refractivity contribution in [1.29, 1.82) is 0 Å². The Bertz CT molecular complexity index is 1030. The zero-order valence-corrected chi connectivity index (χ0v) is 18.1. The SMILES string of the molecule is COC[C@H]1O[C@@H](n2cc(C)c(=O)[nH]c2=O)C[C@@H]1OP(=O)(O)OP(=O)(O)OP(=O)(O)O. The third-order valence-electron chi connectivity index (χ3n) is 3.65. The number of aryl methyl sites for hydroxylation is 1. The second kappa shape index (κ2) is 9.25. The van der Waals surface area contributed by atoms with E-state index in [1.165, 1.54) is 20.2 Å². The molecule has 1 aromatic rings. The molecule has 0 aromatic carbocycles. The normalized spacial score (nSPS) is 26.3. The number of rotatable bonds is 9. The molecule has 0 bridgehead atoms. The van der Waals surface area contributed by atoms with E-state index in [2.05, 4.69) is 13.6 Å². The molecule has 2 heterocycles. The van der Waals surface area contributed by atoms with Crippen LogP contribution in [0.3, 0.4) is 0 Å². The maximum absolute atomic E-state index is 12.1. The van der Waals surface area contributed by atoms with E-state index in [1.54, 1.807) is 0 Å². The largest absolute Gasteiger partial charge is 0.490 e. The van der Waals surface area contributed by atoms with Crippen molar-refractivity contribution < 1.29 is 55.9 Å². The number of ether oxygens (including phenoxy) is 2. The number of nitrogens with one attached hydrogen (secondary N) is 1. The molecule has 0 amide bonds. The third-order valence-corrected chi connectivity index (χ3v) is 7.52. The molecule has 30 heavy (non-hydrogen) atoms. The molecule has 1 saturated heterocycles.